The molecule has 7 nitrogen and oxygen atoms in total. The zero-order valence-corrected chi connectivity index (χ0v) is 21.2. The van der Waals surface area contributed by atoms with Gasteiger partial charge >= 0.3 is 6.18 Å². The van der Waals surface area contributed by atoms with Crippen LogP contribution in [0.4, 0.5) is 18.9 Å². The van der Waals surface area contributed by atoms with E-state index in [2.05, 4.69) is 4.90 Å². The standard InChI is InChI=1S/C25H29F3N2O5S/c1-16(25(26,27)28)35-23-7-6-21(36(3,32)33)13-22(23)24(31)30-14-17-4-5-19(12-18(17)15-30)29-10-8-20(34-2)9-11-29/h4-7,12-13,16,20H,8-11,14-15H2,1-3H3/t16-/m0/s1. The second-order valence-electron chi connectivity index (χ2n) is 9.27. The fourth-order valence-electron chi connectivity index (χ4n) is 4.51. The van der Waals surface area contributed by atoms with E-state index in [1.54, 1.807) is 7.11 Å². The summed E-state index contributed by atoms with van der Waals surface area (Å²) >= 11 is 0. The van der Waals surface area contributed by atoms with Gasteiger partial charge in [0.05, 0.1) is 16.6 Å². The number of anilines is 1. The third-order valence-electron chi connectivity index (χ3n) is 6.71. The van der Waals surface area contributed by atoms with E-state index in [4.69, 9.17) is 9.47 Å². The lowest BCUT2D eigenvalue weighted by molar-refractivity contribution is -0.189. The summed E-state index contributed by atoms with van der Waals surface area (Å²) in [4.78, 5) is 17.0. The van der Waals surface area contributed by atoms with E-state index in [1.165, 1.54) is 4.90 Å². The van der Waals surface area contributed by atoms with Gasteiger partial charge in [-0.25, -0.2) is 8.42 Å². The molecule has 2 aliphatic heterocycles. The molecule has 1 saturated heterocycles. The Labute approximate surface area is 208 Å². The number of nitrogens with zero attached hydrogens (tertiary/aromatic N) is 2. The summed E-state index contributed by atoms with van der Waals surface area (Å²) in [5, 5.41) is 0. The molecule has 1 fully saturated rings. The second-order valence-corrected chi connectivity index (χ2v) is 11.3. The van der Waals surface area contributed by atoms with Crippen molar-refractivity contribution >= 4 is 21.4 Å². The van der Waals surface area contributed by atoms with Gasteiger partial charge in [-0.05, 0) is 61.2 Å². The Morgan fingerprint density at radius 3 is 2.33 bits per heavy atom. The Hall–Kier alpha value is -2.79. The quantitative estimate of drug-likeness (QED) is 0.562. The molecule has 0 saturated carbocycles. The molecule has 2 aromatic carbocycles. The van der Waals surface area contributed by atoms with Crippen LogP contribution in [0.3, 0.4) is 0 Å². The maximum Gasteiger partial charge on any atom is 0.425 e. The van der Waals surface area contributed by atoms with Crippen molar-refractivity contribution in [1.82, 2.24) is 4.90 Å². The van der Waals surface area contributed by atoms with Crippen LogP contribution in [0.2, 0.25) is 0 Å². The number of carbonyl (C=O) groups is 1. The smallest absolute Gasteiger partial charge is 0.425 e. The molecular formula is C25H29F3N2O5S. The number of rotatable bonds is 6. The number of benzene rings is 2. The minimum absolute atomic E-state index is 0.170. The van der Waals surface area contributed by atoms with E-state index in [0.717, 1.165) is 74.1 Å². The predicted octanol–water partition coefficient (Wildman–Crippen LogP) is 4.19. The Morgan fingerprint density at radius 1 is 1.06 bits per heavy atom. The number of piperidine rings is 1. The first-order valence-electron chi connectivity index (χ1n) is 11.6. The minimum Gasteiger partial charge on any atom is -0.480 e. The molecule has 0 bridgehead atoms. The van der Waals surface area contributed by atoms with Gasteiger partial charge in [0, 0.05) is 45.2 Å². The fraction of sp³-hybridized carbons (Fsp3) is 0.480. The molecular weight excluding hydrogens is 497 g/mol. The molecule has 2 aliphatic rings. The van der Waals surface area contributed by atoms with E-state index in [0.29, 0.717) is 0 Å². The van der Waals surface area contributed by atoms with Crippen LogP contribution in [0.15, 0.2) is 41.3 Å². The summed E-state index contributed by atoms with van der Waals surface area (Å²) in [5.74, 6) is -0.904. The summed E-state index contributed by atoms with van der Waals surface area (Å²) in [6, 6.07) is 9.33. The van der Waals surface area contributed by atoms with Crippen LogP contribution in [0.1, 0.15) is 41.3 Å². The molecule has 0 N–H and O–H groups in total. The van der Waals surface area contributed by atoms with Crippen LogP contribution in [-0.2, 0) is 27.7 Å². The molecule has 11 heteroatoms. The van der Waals surface area contributed by atoms with Crippen molar-refractivity contribution in [2.24, 2.45) is 0 Å². The Morgan fingerprint density at radius 2 is 1.72 bits per heavy atom. The predicted molar refractivity (Wildman–Crippen MR) is 128 cm³/mol. The molecule has 0 spiro atoms. The summed E-state index contributed by atoms with van der Waals surface area (Å²) in [6.45, 7) is 3.07. The van der Waals surface area contributed by atoms with E-state index < -0.39 is 28.0 Å². The van der Waals surface area contributed by atoms with Crippen molar-refractivity contribution in [3.05, 3.63) is 53.1 Å². The number of ether oxygens (including phenoxy) is 2. The van der Waals surface area contributed by atoms with Gasteiger partial charge in [0.25, 0.3) is 5.91 Å². The molecule has 1 atom stereocenters. The van der Waals surface area contributed by atoms with Crippen molar-refractivity contribution in [3.8, 4) is 5.75 Å². The van der Waals surface area contributed by atoms with Gasteiger partial charge in [-0.15, -0.1) is 0 Å². The molecule has 2 aromatic rings. The highest BCUT2D eigenvalue weighted by atomic mass is 32.2. The van der Waals surface area contributed by atoms with Gasteiger partial charge in [0.2, 0.25) is 0 Å². The Balaban J connectivity index is 1.57. The SMILES string of the molecule is COC1CCN(c2ccc3c(c2)CN(C(=O)c2cc(S(C)(=O)=O)ccc2O[C@@H](C)C(F)(F)F)C3)CC1. The summed E-state index contributed by atoms with van der Waals surface area (Å²) in [5.41, 5.74) is 2.70. The number of alkyl halides is 3. The molecule has 0 unspecified atom stereocenters. The lowest BCUT2D eigenvalue weighted by atomic mass is 10.0. The number of sulfone groups is 1. The van der Waals surface area contributed by atoms with Gasteiger partial charge in [0.15, 0.2) is 15.9 Å². The lowest BCUT2D eigenvalue weighted by Crippen LogP contribution is -2.36. The first-order chi connectivity index (χ1) is 16.9. The van der Waals surface area contributed by atoms with E-state index in [-0.39, 0.29) is 35.4 Å². The van der Waals surface area contributed by atoms with E-state index >= 15 is 0 Å². The van der Waals surface area contributed by atoms with Crippen LogP contribution < -0.4 is 9.64 Å². The zero-order valence-electron chi connectivity index (χ0n) is 20.3. The number of hydrogen-bond acceptors (Lipinski definition) is 6. The van der Waals surface area contributed by atoms with Gasteiger partial charge in [-0.3, -0.25) is 4.79 Å². The average molecular weight is 527 g/mol. The number of amides is 1. The van der Waals surface area contributed by atoms with Gasteiger partial charge in [-0.1, -0.05) is 6.07 Å². The number of hydrogen-bond donors (Lipinski definition) is 0. The molecule has 2 heterocycles. The maximum absolute atomic E-state index is 13.4. The number of carbonyl (C=O) groups excluding carboxylic acids is 1. The number of methoxy groups -OCH3 is 1. The average Bonchev–Trinajstić information content (AvgIpc) is 3.26. The van der Waals surface area contributed by atoms with E-state index in [9.17, 15) is 26.4 Å². The van der Waals surface area contributed by atoms with Crippen molar-refractivity contribution < 1.29 is 35.9 Å². The summed E-state index contributed by atoms with van der Waals surface area (Å²) in [7, 11) is -1.98. The van der Waals surface area contributed by atoms with Crippen LogP contribution in [0, 0.1) is 0 Å². The number of fused-ring (bicyclic) bond motifs is 1. The monoisotopic (exact) mass is 526 g/mol. The van der Waals surface area contributed by atoms with Crippen LogP contribution in [0.25, 0.3) is 0 Å². The Kier molecular flexibility index (Phi) is 7.25. The van der Waals surface area contributed by atoms with Gasteiger partial charge in [0.1, 0.15) is 5.75 Å². The zero-order chi connectivity index (χ0) is 26.3. The topological polar surface area (TPSA) is 76.2 Å². The largest absolute Gasteiger partial charge is 0.480 e. The highest BCUT2D eigenvalue weighted by Gasteiger charge is 2.39. The van der Waals surface area contributed by atoms with Crippen molar-refractivity contribution in [3.63, 3.8) is 0 Å². The normalized spacial score (nSPS) is 17.7. The summed E-state index contributed by atoms with van der Waals surface area (Å²) in [6.07, 6.45) is -3.75. The third-order valence-corrected chi connectivity index (χ3v) is 7.82. The minimum atomic E-state index is -4.65. The molecule has 0 radical (unpaired) electrons. The molecule has 0 aromatic heterocycles. The van der Waals surface area contributed by atoms with Crippen LogP contribution >= 0.6 is 0 Å². The second kappa shape index (κ2) is 9.93. The highest BCUT2D eigenvalue weighted by molar-refractivity contribution is 7.90. The molecule has 4 rings (SSSR count). The first kappa shape index (κ1) is 26.3. The van der Waals surface area contributed by atoms with Gasteiger partial charge < -0.3 is 19.3 Å². The molecule has 1 amide bonds. The van der Waals surface area contributed by atoms with Crippen molar-refractivity contribution in [2.75, 3.05) is 31.4 Å². The molecule has 36 heavy (non-hydrogen) atoms. The van der Waals surface area contributed by atoms with E-state index in [1.807, 2.05) is 18.2 Å². The van der Waals surface area contributed by atoms with Crippen LogP contribution in [0.5, 0.6) is 5.75 Å². The summed E-state index contributed by atoms with van der Waals surface area (Å²) < 4.78 is 74.0. The van der Waals surface area contributed by atoms with Crippen molar-refractivity contribution in [1.29, 1.82) is 0 Å². The molecule has 196 valence electrons. The lowest BCUT2D eigenvalue weighted by Gasteiger charge is -2.33. The fourth-order valence-corrected chi connectivity index (χ4v) is 5.16. The van der Waals surface area contributed by atoms with Crippen LogP contribution in [-0.4, -0.2) is 64.1 Å². The highest BCUT2D eigenvalue weighted by Crippen LogP contribution is 2.34. The van der Waals surface area contributed by atoms with Gasteiger partial charge in [-0.2, -0.15) is 13.2 Å². The third kappa shape index (κ3) is 5.62. The number of halogens is 3. The Bertz CT molecular complexity index is 1240. The molecule has 0 aliphatic carbocycles. The maximum atomic E-state index is 13.4. The van der Waals surface area contributed by atoms with Crippen molar-refractivity contribution in [2.45, 2.75) is 56.1 Å². The first-order valence-corrected chi connectivity index (χ1v) is 13.5.